The molecule has 0 aliphatic rings. The molecule has 142 valence electrons. The molecule has 1 N–H and O–H groups in total. The molecule has 0 aliphatic carbocycles. The zero-order valence-electron chi connectivity index (χ0n) is 15.8. The predicted octanol–water partition coefficient (Wildman–Crippen LogP) is 3.56. The summed E-state index contributed by atoms with van der Waals surface area (Å²) in [7, 11) is 3.94. The van der Waals surface area contributed by atoms with Crippen molar-refractivity contribution < 1.29 is 9.21 Å². The number of benzene rings is 2. The van der Waals surface area contributed by atoms with Crippen LogP contribution >= 0.6 is 0 Å². The highest BCUT2D eigenvalue weighted by atomic mass is 16.3. The lowest BCUT2D eigenvalue weighted by molar-refractivity contribution is 0.0999. The molecule has 0 bridgehead atoms. The molecule has 6 nitrogen and oxygen atoms in total. The standard InChI is InChI=1S/C22H21N3O3/c1-24(2)12-13-25-11-10-16-17(22(25)27)7-5-8-18(16)23-21(26)20-14-15-6-3-4-9-19(15)28-20/h3-11,14H,12-13H2,1-2H3,(H,23,26). The Balaban J connectivity index is 1.66. The zero-order valence-corrected chi connectivity index (χ0v) is 15.8. The molecule has 2 aromatic carbocycles. The lowest BCUT2D eigenvalue weighted by atomic mass is 10.1. The number of furan rings is 1. The van der Waals surface area contributed by atoms with Crippen LogP contribution in [0.15, 0.2) is 70.0 Å². The van der Waals surface area contributed by atoms with E-state index >= 15 is 0 Å². The van der Waals surface area contributed by atoms with Crippen LogP contribution < -0.4 is 10.9 Å². The van der Waals surface area contributed by atoms with Crippen molar-refractivity contribution in [2.75, 3.05) is 26.0 Å². The fourth-order valence-corrected chi connectivity index (χ4v) is 3.19. The van der Waals surface area contributed by atoms with Crippen LogP contribution in [0.5, 0.6) is 0 Å². The number of likely N-dealkylation sites (N-methyl/N-ethyl adjacent to an activating group) is 1. The minimum atomic E-state index is -0.347. The van der Waals surface area contributed by atoms with Crippen molar-refractivity contribution in [3.05, 3.63) is 76.9 Å². The van der Waals surface area contributed by atoms with Crippen LogP contribution in [0.3, 0.4) is 0 Å². The van der Waals surface area contributed by atoms with Gasteiger partial charge in [0.15, 0.2) is 5.76 Å². The van der Waals surface area contributed by atoms with E-state index in [0.29, 0.717) is 28.6 Å². The molecule has 4 aromatic rings. The van der Waals surface area contributed by atoms with Crippen molar-refractivity contribution in [3.63, 3.8) is 0 Å². The molecule has 2 heterocycles. The van der Waals surface area contributed by atoms with Crippen LogP contribution in [-0.4, -0.2) is 36.0 Å². The van der Waals surface area contributed by atoms with E-state index in [0.717, 1.165) is 11.9 Å². The smallest absolute Gasteiger partial charge is 0.291 e. The number of anilines is 1. The van der Waals surface area contributed by atoms with Gasteiger partial charge in [0.25, 0.3) is 11.5 Å². The molecule has 0 saturated heterocycles. The van der Waals surface area contributed by atoms with E-state index in [1.54, 1.807) is 35.0 Å². The molecule has 0 radical (unpaired) electrons. The fourth-order valence-electron chi connectivity index (χ4n) is 3.19. The van der Waals surface area contributed by atoms with E-state index in [1.165, 1.54) is 0 Å². The Morgan fingerprint density at radius 2 is 1.89 bits per heavy atom. The molecule has 6 heteroatoms. The maximum absolute atomic E-state index is 12.8. The van der Waals surface area contributed by atoms with Gasteiger partial charge in [-0.3, -0.25) is 9.59 Å². The van der Waals surface area contributed by atoms with Gasteiger partial charge in [0.2, 0.25) is 0 Å². The Bertz CT molecular complexity index is 1190. The Morgan fingerprint density at radius 1 is 1.07 bits per heavy atom. The summed E-state index contributed by atoms with van der Waals surface area (Å²) in [5.74, 6) is -0.113. The molecule has 2 aromatic heterocycles. The monoisotopic (exact) mass is 375 g/mol. The molecule has 0 fully saturated rings. The third-order valence-electron chi connectivity index (χ3n) is 4.70. The summed E-state index contributed by atoms with van der Waals surface area (Å²) < 4.78 is 7.32. The minimum absolute atomic E-state index is 0.0702. The fraction of sp³-hybridized carbons (Fsp3) is 0.182. The number of carbonyl (C=O) groups is 1. The highest BCUT2D eigenvalue weighted by molar-refractivity contribution is 6.09. The van der Waals surface area contributed by atoms with Gasteiger partial charge in [0, 0.05) is 41.1 Å². The number of carbonyl (C=O) groups excluding carboxylic acids is 1. The van der Waals surface area contributed by atoms with Gasteiger partial charge >= 0.3 is 0 Å². The summed E-state index contributed by atoms with van der Waals surface area (Å²) in [6, 6.07) is 16.4. The number of nitrogens with zero attached hydrogens (tertiary/aromatic N) is 2. The quantitative estimate of drug-likeness (QED) is 0.579. The first-order valence-electron chi connectivity index (χ1n) is 9.10. The Hall–Kier alpha value is -3.38. The Morgan fingerprint density at radius 3 is 2.68 bits per heavy atom. The predicted molar refractivity (Wildman–Crippen MR) is 111 cm³/mol. The highest BCUT2D eigenvalue weighted by Crippen LogP contribution is 2.23. The van der Waals surface area contributed by atoms with E-state index in [-0.39, 0.29) is 17.2 Å². The van der Waals surface area contributed by atoms with Crippen molar-refractivity contribution in [1.29, 1.82) is 0 Å². The first kappa shape index (κ1) is 18.0. The van der Waals surface area contributed by atoms with Gasteiger partial charge < -0.3 is 19.2 Å². The lowest BCUT2D eigenvalue weighted by Gasteiger charge is -2.13. The molecule has 0 spiro atoms. The second kappa shape index (κ2) is 7.32. The van der Waals surface area contributed by atoms with Gasteiger partial charge in [-0.15, -0.1) is 0 Å². The average Bonchev–Trinajstić information content (AvgIpc) is 3.12. The SMILES string of the molecule is CN(C)CCn1ccc2c(NC(=O)c3cc4ccccc4o3)cccc2c1=O. The van der Waals surface area contributed by atoms with E-state index < -0.39 is 0 Å². The Kier molecular flexibility index (Phi) is 4.71. The first-order valence-corrected chi connectivity index (χ1v) is 9.10. The molecule has 1 amide bonds. The largest absolute Gasteiger partial charge is 0.451 e. The number of hydrogen-bond donors (Lipinski definition) is 1. The van der Waals surface area contributed by atoms with Gasteiger partial charge in [-0.25, -0.2) is 0 Å². The van der Waals surface area contributed by atoms with Gasteiger partial charge in [-0.1, -0.05) is 24.3 Å². The molecule has 0 aliphatic heterocycles. The first-order chi connectivity index (χ1) is 13.5. The lowest BCUT2D eigenvalue weighted by Crippen LogP contribution is -2.26. The van der Waals surface area contributed by atoms with Gasteiger partial charge in [0.1, 0.15) is 5.58 Å². The summed E-state index contributed by atoms with van der Waals surface area (Å²) in [4.78, 5) is 27.5. The van der Waals surface area contributed by atoms with Crippen molar-refractivity contribution >= 4 is 33.3 Å². The Labute approximate surface area is 162 Å². The number of aromatic nitrogens is 1. The van der Waals surface area contributed by atoms with Crippen LogP contribution in [0.2, 0.25) is 0 Å². The second-order valence-corrected chi connectivity index (χ2v) is 6.99. The molecule has 28 heavy (non-hydrogen) atoms. The zero-order chi connectivity index (χ0) is 19.7. The van der Waals surface area contributed by atoms with Crippen molar-refractivity contribution in [3.8, 4) is 0 Å². The van der Waals surface area contributed by atoms with Crippen molar-refractivity contribution in [2.24, 2.45) is 0 Å². The normalized spacial score (nSPS) is 11.4. The van der Waals surface area contributed by atoms with Gasteiger partial charge in [0.05, 0.1) is 0 Å². The molecule has 0 saturated carbocycles. The summed E-state index contributed by atoms with van der Waals surface area (Å²) in [5, 5.41) is 5.02. The van der Waals surface area contributed by atoms with Gasteiger partial charge in [-0.2, -0.15) is 0 Å². The number of pyridine rings is 1. The van der Waals surface area contributed by atoms with Gasteiger partial charge in [-0.05, 0) is 44.4 Å². The molecule has 0 unspecified atom stereocenters. The molecule has 0 atom stereocenters. The summed E-state index contributed by atoms with van der Waals surface area (Å²) in [6.07, 6.45) is 1.77. The van der Waals surface area contributed by atoms with E-state index in [1.807, 2.05) is 49.3 Å². The highest BCUT2D eigenvalue weighted by Gasteiger charge is 2.14. The van der Waals surface area contributed by atoms with Crippen LogP contribution in [0, 0.1) is 0 Å². The number of rotatable bonds is 5. The van der Waals surface area contributed by atoms with Crippen molar-refractivity contribution in [2.45, 2.75) is 6.54 Å². The summed E-state index contributed by atoms with van der Waals surface area (Å²) >= 11 is 0. The number of hydrogen-bond acceptors (Lipinski definition) is 4. The third-order valence-corrected chi connectivity index (χ3v) is 4.70. The second-order valence-electron chi connectivity index (χ2n) is 6.99. The van der Waals surface area contributed by atoms with E-state index in [9.17, 15) is 9.59 Å². The number of nitrogens with one attached hydrogen (secondary N) is 1. The van der Waals surface area contributed by atoms with Crippen LogP contribution in [0.4, 0.5) is 5.69 Å². The average molecular weight is 375 g/mol. The minimum Gasteiger partial charge on any atom is -0.451 e. The summed E-state index contributed by atoms with van der Waals surface area (Å²) in [6.45, 7) is 1.38. The van der Waals surface area contributed by atoms with Crippen LogP contribution in [0.1, 0.15) is 10.6 Å². The van der Waals surface area contributed by atoms with Crippen LogP contribution in [0.25, 0.3) is 21.7 Å². The third kappa shape index (κ3) is 3.42. The molecule has 4 rings (SSSR count). The van der Waals surface area contributed by atoms with Crippen molar-refractivity contribution in [1.82, 2.24) is 9.47 Å². The van der Waals surface area contributed by atoms with E-state index in [2.05, 4.69) is 5.32 Å². The number of fused-ring (bicyclic) bond motifs is 2. The van der Waals surface area contributed by atoms with E-state index in [4.69, 9.17) is 4.42 Å². The van der Waals surface area contributed by atoms with Crippen LogP contribution in [-0.2, 0) is 6.54 Å². The number of para-hydroxylation sites is 1. The maximum atomic E-state index is 12.8. The number of amides is 1. The molecular formula is C22H21N3O3. The topological polar surface area (TPSA) is 67.5 Å². The molecular weight excluding hydrogens is 354 g/mol. The maximum Gasteiger partial charge on any atom is 0.291 e. The summed E-state index contributed by atoms with van der Waals surface area (Å²) in [5.41, 5.74) is 1.17.